The van der Waals surface area contributed by atoms with Crippen LogP contribution in [0, 0.1) is 11.8 Å². The quantitative estimate of drug-likeness (QED) is 0.291. The third-order valence-electron chi connectivity index (χ3n) is 6.25. The molecule has 2 unspecified atom stereocenters. The number of carboxylic acids is 1. The second kappa shape index (κ2) is 11.5. The molecule has 1 aliphatic rings. The Morgan fingerprint density at radius 2 is 2.21 bits per heavy atom. The summed E-state index contributed by atoms with van der Waals surface area (Å²) in [6, 6.07) is 5.35. The van der Waals surface area contributed by atoms with E-state index >= 15 is 0 Å². The first kappa shape index (κ1) is 24.9. The number of ketones is 1. The van der Waals surface area contributed by atoms with Crippen LogP contribution in [0.15, 0.2) is 40.3 Å². The van der Waals surface area contributed by atoms with Crippen molar-refractivity contribution in [2.45, 2.75) is 23.6 Å². The van der Waals surface area contributed by atoms with Gasteiger partial charge in [0.1, 0.15) is 10.1 Å². The van der Waals surface area contributed by atoms with E-state index in [0.29, 0.717) is 40.2 Å². The molecule has 0 bridgehead atoms. The number of hydrogen-bond donors (Lipinski definition) is 1. The topological polar surface area (TPSA) is 92.6 Å². The van der Waals surface area contributed by atoms with E-state index in [1.807, 2.05) is 5.38 Å². The molecule has 2 atom stereocenters. The summed E-state index contributed by atoms with van der Waals surface area (Å²) in [7, 11) is 1.57. The van der Waals surface area contributed by atoms with Gasteiger partial charge in [0.15, 0.2) is 5.78 Å². The monoisotopic (exact) mass is 519 g/mol. The minimum absolute atomic E-state index is 0.0503. The number of pyridine rings is 1. The molecular formula is C24H26ClN3O4S2. The number of likely N-dealkylation sites (tertiary alicyclic amines) is 1. The summed E-state index contributed by atoms with van der Waals surface area (Å²) in [6.45, 7) is 2.15. The Kier molecular flexibility index (Phi) is 8.41. The van der Waals surface area contributed by atoms with Crippen molar-refractivity contribution in [1.29, 1.82) is 0 Å². The van der Waals surface area contributed by atoms with Crippen molar-refractivity contribution in [2.75, 3.05) is 32.5 Å². The number of aliphatic carboxylic acids is 1. The molecule has 34 heavy (non-hydrogen) atoms. The Morgan fingerprint density at radius 3 is 2.94 bits per heavy atom. The molecule has 4 rings (SSSR count). The average molecular weight is 520 g/mol. The summed E-state index contributed by atoms with van der Waals surface area (Å²) in [5.74, 6) is 0.0582. The molecule has 1 aromatic carbocycles. The maximum atomic E-state index is 13.2. The lowest BCUT2D eigenvalue weighted by Gasteiger charge is -2.36. The van der Waals surface area contributed by atoms with E-state index < -0.39 is 11.9 Å². The van der Waals surface area contributed by atoms with E-state index in [4.69, 9.17) is 16.3 Å². The van der Waals surface area contributed by atoms with E-state index in [1.54, 1.807) is 54.6 Å². The van der Waals surface area contributed by atoms with Crippen LogP contribution >= 0.6 is 34.7 Å². The van der Waals surface area contributed by atoms with Crippen LogP contribution in [0.25, 0.3) is 10.9 Å². The highest BCUT2D eigenvalue weighted by molar-refractivity contribution is 8.01. The number of carboxylic acid groups (broad SMARTS) is 1. The highest BCUT2D eigenvalue weighted by Gasteiger charge is 2.34. The SMILES string of the molecule is COc1ccc2ncc(Cl)c(C(=O)CCC3CCN(CCSc4nccs4)CC3C(=O)O)c2c1. The Morgan fingerprint density at radius 1 is 1.35 bits per heavy atom. The fourth-order valence-corrected chi connectivity index (χ4v) is 6.40. The molecule has 0 aliphatic carbocycles. The van der Waals surface area contributed by atoms with Crippen LogP contribution in [0.1, 0.15) is 29.6 Å². The molecule has 10 heteroatoms. The molecule has 3 aromatic rings. The van der Waals surface area contributed by atoms with Crippen molar-refractivity contribution in [1.82, 2.24) is 14.9 Å². The van der Waals surface area contributed by atoms with Gasteiger partial charge in [0.05, 0.1) is 23.6 Å². The second-order valence-corrected chi connectivity index (χ2v) is 10.9. The molecule has 0 saturated carbocycles. The first-order valence-corrected chi connectivity index (χ1v) is 13.3. The van der Waals surface area contributed by atoms with Crippen LogP contribution in [0.5, 0.6) is 5.75 Å². The number of aromatic nitrogens is 2. The smallest absolute Gasteiger partial charge is 0.308 e. The van der Waals surface area contributed by atoms with E-state index in [-0.39, 0.29) is 18.1 Å². The summed E-state index contributed by atoms with van der Waals surface area (Å²) in [5.41, 5.74) is 1.09. The number of carbonyl (C=O) groups excluding carboxylic acids is 1. The lowest BCUT2D eigenvalue weighted by Crippen LogP contribution is -2.44. The fraction of sp³-hybridized carbons (Fsp3) is 0.417. The van der Waals surface area contributed by atoms with Crippen molar-refractivity contribution in [3.63, 3.8) is 0 Å². The maximum absolute atomic E-state index is 13.2. The Hall–Kier alpha value is -2.20. The summed E-state index contributed by atoms with van der Waals surface area (Å²) in [5, 5.41) is 12.8. The molecule has 2 aromatic heterocycles. The summed E-state index contributed by atoms with van der Waals surface area (Å²) in [6.07, 6.45) is 4.79. The van der Waals surface area contributed by atoms with Crippen LogP contribution in [0.3, 0.4) is 0 Å². The van der Waals surface area contributed by atoms with E-state index in [0.717, 1.165) is 29.6 Å². The first-order valence-electron chi connectivity index (χ1n) is 11.1. The predicted molar refractivity (Wildman–Crippen MR) is 135 cm³/mol. The van der Waals surface area contributed by atoms with Crippen LogP contribution in [-0.2, 0) is 4.79 Å². The van der Waals surface area contributed by atoms with Gasteiger partial charge in [-0.25, -0.2) is 4.98 Å². The van der Waals surface area contributed by atoms with Gasteiger partial charge in [0.2, 0.25) is 0 Å². The number of rotatable bonds is 10. The average Bonchev–Trinajstić information content (AvgIpc) is 3.36. The highest BCUT2D eigenvalue weighted by atomic mass is 35.5. The third kappa shape index (κ3) is 5.89. The summed E-state index contributed by atoms with van der Waals surface area (Å²) < 4.78 is 6.33. The van der Waals surface area contributed by atoms with Gasteiger partial charge < -0.3 is 14.7 Å². The highest BCUT2D eigenvalue weighted by Crippen LogP contribution is 2.32. The Balaban J connectivity index is 1.38. The Labute approximate surface area is 211 Å². The molecule has 0 spiro atoms. The molecule has 7 nitrogen and oxygen atoms in total. The zero-order valence-electron chi connectivity index (χ0n) is 18.8. The van der Waals surface area contributed by atoms with Gasteiger partial charge >= 0.3 is 5.97 Å². The van der Waals surface area contributed by atoms with Gasteiger partial charge in [-0.2, -0.15) is 0 Å². The van der Waals surface area contributed by atoms with Crippen molar-refractivity contribution in [3.05, 3.63) is 46.6 Å². The van der Waals surface area contributed by atoms with Gasteiger partial charge in [-0.3, -0.25) is 14.6 Å². The number of fused-ring (bicyclic) bond motifs is 1. The number of halogens is 1. The molecule has 0 radical (unpaired) electrons. The van der Waals surface area contributed by atoms with Crippen molar-refractivity contribution in [3.8, 4) is 5.75 Å². The number of thiazole rings is 1. The molecule has 180 valence electrons. The zero-order valence-corrected chi connectivity index (χ0v) is 21.2. The van der Waals surface area contributed by atoms with Crippen molar-refractivity contribution in [2.24, 2.45) is 11.8 Å². The van der Waals surface area contributed by atoms with E-state index in [9.17, 15) is 14.7 Å². The number of methoxy groups -OCH3 is 1. The molecule has 1 fully saturated rings. The number of thioether (sulfide) groups is 1. The molecule has 1 N–H and O–H groups in total. The predicted octanol–water partition coefficient (Wildman–Crippen LogP) is 5.13. The van der Waals surface area contributed by atoms with Crippen molar-refractivity contribution >= 4 is 57.4 Å². The molecular weight excluding hydrogens is 494 g/mol. The lowest BCUT2D eigenvalue weighted by molar-refractivity contribution is -0.146. The van der Waals surface area contributed by atoms with Gasteiger partial charge in [-0.05, 0) is 43.5 Å². The van der Waals surface area contributed by atoms with Gasteiger partial charge in [-0.1, -0.05) is 23.4 Å². The number of nitrogens with zero attached hydrogens (tertiary/aromatic N) is 3. The molecule has 3 heterocycles. The van der Waals surface area contributed by atoms with Crippen LogP contribution < -0.4 is 4.74 Å². The minimum Gasteiger partial charge on any atom is -0.497 e. The minimum atomic E-state index is -0.799. The van der Waals surface area contributed by atoms with E-state index in [2.05, 4.69) is 14.9 Å². The van der Waals surface area contributed by atoms with Crippen LogP contribution in [0.2, 0.25) is 5.02 Å². The third-order valence-corrected chi connectivity index (χ3v) is 8.48. The van der Waals surface area contributed by atoms with Crippen LogP contribution in [-0.4, -0.2) is 64.2 Å². The molecule has 1 saturated heterocycles. The Bertz CT molecular complexity index is 1160. The zero-order chi connectivity index (χ0) is 24.1. The van der Waals surface area contributed by atoms with Crippen LogP contribution in [0.4, 0.5) is 0 Å². The number of benzene rings is 1. The van der Waals surface area contributed by atoms with E-state index in [1.165, 1.54) is 6.20 Å². The van der Waals surface area contributed by atoms with Crippen molar-refractivity contribution < 1.29 is 19.4 Å². The first-order chi connectivity index (χ1) is 16.5. The fourth-order valence-electron chi connectivity index (χ4n) is 4.44. The number of Topliss-reactive ketones (excluding diaryl/α,β-unsaturated/α-hetero) is 1. The van der Waals surface area contributed by atoms with Gasteiger partial charge in [-0.15, -0.1) is 11.3 Å². The number of ether oxygens (including phenoxy) is 1. The maximum Gasteiger partial charge on any atom is 0.308 e. The summed E-state index contributed by atoms with van der Waals surface area (Å²) >= 11 is 9.68. The number of carbonyl (C=O) groups is 2. The normalized spacial score (nSPS) is 18.8. The molecule has 0 amide bonds. The second-order valence-electron chi connectivity index (χ2n) is 8.27. The lowest BCUT2D eigenvalue weighted by atomic mass is 9.81. The summed E-state index contributed by atoms with van der Waals surface area (Å²) in [4.78, 5) is 36.0. The largest absolute Gasteiger partial charge is 0.497 e. The van der Waals surface area contributed by atoms with Gasteiger partial charge in [0.25, 0.3) is 0 Å². The number of hydrogen-bond acceptors (Lipinski definition) is 8. The van der Waals surface area contributed by atoms with Gasteiger partial charge in [0, 0.05) is 54.0 Å². The molecule has 1 aliphatic heterocycles. The number of piperidine rings is 1. The standard InChI is InChI=1S/C24H26ClN3O4S2/c1-32-16-3-4-20-17(12-16)22(19(25)13-27-20)21(29)5-2-15-6-8-28(14-18(15)23(30)31)9-11-34-24-26-7-10-33-24/h3-4,7,10,12-13,15,18H,2,5-6,8-9,11,14H2,1H3,(H,30,31).